The maximum atomic E-state index is 13.6. The number of pyridine rings is 2. The molecule has 3 aliphatic heterocycles. The second-order valence-electron chi connectivity index (χ2n) is 10.0. The van der Waals surface area contributed by atoms with Crippen molar-refractivity contribution in [1.82, 2.24) is 19.9 Å². The largest absolute Gasteiger partial charge is 0.461 e. The highest BCUT2D eigenvalue weighted by Crippen LogP contribution is 2.43. The first-order valence-electron chi connectivity index (χ1n) is 12.5. The van der Waals surface area contributed by atoms with Crippen LogP contribution in [0.3, 0.4) is 0 Å². The molecule has 0 aliphatic carbocycles. The highest BCUT2D eigenvalue weighted by Gasteiger charge is 2.41. The Bertz CT molecular complexity index is 1390. The molecule has 11 nitrogen and oxygen atoms in total. The van der Waals surface area contributed by atoms with Gasteiger partial charge in [-0.25, -0.2) is 14.8 Å². The summed E-state index contributed by atoms with van der Waals surface area (Å²) in [6.45, 7) is 7.81. The van der Waals surface area contributed by atoms with Crippen molar-refractivity contribution in [2.45, 2.75) is 45.1 Å². The van der Waals surface area contributed by atoms with Gasteiger partial charge < -0.3 is 19.1 Å². The van der Waals surface area contributed by atoms with E-state index in [-0.39, 0.29) is 30.8 Å². The number of fused-ring (bicyclic) bond motifs is 4. The quantitative estimate of drug-likeness (QED) is 0.514. The van der Waals surface area contributed by atoms with Crippen molar-refractivity contribution in [3.05, 3.63) is 47.4 Å². The van der Waals surface area contributed by atoms with Crippen molar-refractivity contribution < 1.29 is 19.0 Å². The van der Waals surface area contributed by atoms with Gasteiger partial charge in [0.1, 0.15) is 18.5 Å². The molecule has 0 spiro atoms. The molecule has 3 aliphatic rings. The van der Waals surface area contributed by atoms with Crippen LogP contribution in [-0.2, 0) is 9.47 Å². The molecule has 0 saturated carbocycles. The lowest BCUT2D eigenvalue weighted by Gasteiger charge is -2.36. The summed E-state index contributed by atoms with van der Waals surface area (Å²) in [4.78, 5) is 35.2. The zero-order valence-electron chi connectivity index (χ0n) is 21.3. The van der Waals surface area contributed by atoms with Crippen molar-refractivity contribution in [2.75, 3.05) is 41.4 Å². The van der Waals surface area contributed by atoms with Gasteiger partial charge in [-0.2, -0.15) is 4.98 Å². The molecule has 2 saturated heterocycles. The van der Waals surface area contributed by atoms with Crippen molar-refractivity contribution in [3.8, 4) is 17.3 Å². The summed E-state index contributed by atoms with van der Waals surface area (Å²) >= 11 is 6.67. The molecule has 3 aromatic heterocycles. The topological polar surface area (TPSA) is 115 Å². The molecule has 2 bridgehead atoms. The molecule has 12 heteroatoms. The van der Waals surface area contributed by atoms with E-state index >= 15 is 0 Å². The minimum Gasteiger partial charge on any atom is -0.461 e. The first-order valence-corrected chi connectivity index (χ1v) is 12.9. The van der Waals surface area contributed by atoms with Crippen LogP contribution in [0.5, 0.6) is 6.01 Å². The number of aromatic nitrogens is 4. The Morgan fingerprint density at radius 2 is 2.08 bits per heavy atom. The van der Waals surface area contributed by atoms with Crippen LogP contribution >= 0.6 is 11.6 Å². The Labute approximate surface area is 225 Å². The number of ether oxygens (including phenoxy) is 3. The Balaban J connectivity index is 1.23. The summed E-state index contributed by atoms with van der Waals surface area (Å²) in [7, 11) is 0. The van der Waals surface area contributed by atoms with E-state index in [0.29, 0.717) is 35.5 Å². The zero-order valence-corrected chi connectivity index (χ0v) is 22.1. The standard InChI is InChI=1S/C26H28ClN7O4/c1-15-10-16(4-7-28-15)22-19(27)11-20-23(32-22)34(17-6-9-33(20)12-17)25(35)31-21-5-8-29-24(30-21)36-13-18-14-37-26(2,3)38-18/h4-5,7-8,10-11,17-18H,6,9,12-14H2,1-3H3,(H,29,30,31,35)/t17-,18+/m0/s1. The number of urea groups is 1. The smallest absolute Gasteiger partial charge is 0.329 e. The van der Waals surface area contributed by atoms with Crippen LogP contribution in [0.1, 0.15) is 26.0 Å². The highest BCUT2D eigenvalue weighted by molar-refractivity contribution is 6.33. The third-order valence-electron chi connectivity index (χ3n) is 6.76. The van der Waals surface area contributed by atoms with Gasteiger partial charge in [0.15, 0.2) is 11.6 Å². The fraction of sp³-hybridized carbons (Fsp3) is 0.423. The lowest BCUT2D eigenvalue weighted by Crippen LogP contribution is -2.48. The number of halogens is 1. The van der Waals surface area contributed by atoms with Crippen LogP contribution < -0.4 is 19.9 Å². The van der Waals surface area contributed by atoms with Crippen LogP contribution in [-0.4, -0.2) is 70.2 Å². The predicted octanol–water partition coefficient (Wildman–Crippen LogP) is 4.06. The second-order valence-corrected chi connectivity index (χ2v) is 10.4. The molecule has 2 atom stereocenters. The Morgan fingerprint density at radius 1 is 1.24 bits per heavy atom. The third kappa shape index (κ3) is 4.84. The summed E-state index contributed by atoms with van der Waals surface area (Å²) in [6, 6.07) is 7.09. The van der Waals surface area contributed by atoms with E-state index in [9.17, 15) is 4.79 Å². The van der Waals surface area contributed by atoms with Crippen LogP contribution in [0, 0.1) is 6.92 Å². The molecule has 3 aromatic rings. The number of carbonyl (C=O) groups is 1. The van der Waals surface area contributed by atoms with Gasteiger partial charge >= 0.3 is 12.0 Å². The summed E-state index contributed by atoms with van der Waals surface area (Å²) < 4.78 is 17.0. The first kappa shape index (κ1) is 24.8. The van der Waals surface area contributed by atoms with Crippen molar-refractivity contribution in [3.63, 3.8) is 0 Å². The molecule has 2 amide bonds. The van der Waals surface area contributed by atoms with Gasteiger partial charge in [-0.15, -0.1) is 0 Å². The number of rotatable bonds is 5. The van der Waals surface area contributed by atoms with E-state index in [2.05, 4.69) is 25.2 Å². The number of nitrogens with zero attached hydrogens (tertiary/aromatic N) is 6. The monoisotopic (exact) mass is 537 g/mol. The lowest BCUT2D eigenvalue weighted by atomic mass is 10.1. The Hall–Kier alpha value is -3.54. The molecule has 6 heterocycles. The molecular formula is C26H28ClN7O4. The Kier molecular flexibility index (Phi) is 6.29. The van der Waals surface area contributed by atoms with Gasteiger partial charge in [-0.05, 0) is 51.5 Å². The molecule has 0 radical (unpaired) electrons. The molecule has 2 fully saturated rings. The number of nitrogens with one attached hydrogen (secondary N) is 1. The molecule has 38 heavy (non-hydrogen) atoms. The van der Waals surface area contributed by atoms with E-state index < -0.39 is 5.79 Å². The number of hydrogen-bond donors (Lipinski definition) is 1. The van der Waals surface area contributed by atoms with Gasteiger partial charge in [0.25, 0.3) is 0 Å². The van der Waals surface area contributed by atoms with Gasteiger partial charge in [0.05, 0.1) is 29.1 Å². The zero-order chi connectivity index (χ0) is 26.4. The summed E-state index contributed by atoms with van der Waals surface area (Å²) in [5.74, 6) is 0.251. The molecular weight excluding hydrogens is 510 g/mol. The third-order valence-corrected chi connectivity index (χ3v) is 7.04. The van der Waals surface area contributed by atoms with Crippen molar-refractivity contribution in [1.29, 1.82) is 0 Å². The highest BCUT2D eigenvalue weighted by atomic mass is 35.5. The summed E-state index contributed by atoms with van der Waals surface area (Å²) in [5, 5.41) is 3.42. The number of aryl methyl sites for hydroxylation is 1. The average molecular weight is 538 g/mol. The summed E-state index contributed by atoms with van der Waals surface area (Å²) in [5.41, 5.74) is 3.14. The fourth-order valence-electron chi connectivity index (χ4n) is 5.04. The molecule has 6 rings (SSSR count). The molecule has 0 aromatic carbocycles. The van der Waals surface area contributed by atoms with E-state index in [0.717, 1.165) is 29.9 Å². The van der Waals surface area contributed by atoms with E-state index in [4.69, 9.17) is 30.8 Å². The molecule has 0 unspecified atom stereocenters. The van der Waals surface area contributed by atoms with Gasteiger partial charge in [-0.3, -0.25) is 15.2 Å². The molecule has 198 valence electrons. The number of carbonyl (C=O) groups excluding carboxylic acids is 1. The van der Waals surface area contributed by atoms with E-state index in [1.54, 1.807) is 17.2 Å². The summed E-state index contributed by atoms with van der Waals surface area (Å²) in [6.07, 6.45) is 3.86. The van der Waals surface area contributed by atoms with Crippen LogP contribution in [0.25, 0.3) is 11.3 Å². The van der Waals surface area contributed by atoms with Gasteiger partial charge in [0, 0.05) is 36.7 Å². The number of anilines is 3. The number of hydrogen-bond acceptors (Lipinski definition) is 9. The van der Waals surface area contributed by atoms with Gasteiger partial charge in [0.2, 0.25) is 0 Å². The first-order chi connectivity index (χ1) is 18.3. The average Bonchev–Trinajstić information content (AvgIpc) is 3.46. The number of amides is 2. The minimum absolute atomic E-state index is 0.0244. The van der Waals surface area contributed by atoms with E-state index in [1.807, 2.05) is 39.0 Å². The van der Waals surface area contributed by atoms with E-state index in [1.165, 1.54) is 6.20 Å². The van der Waals surface area contributed by atoms with Gasteiger partial charge in [-0.1, -0.05) is 11.6 Å². The predicted molar refractivity (Wildman–Crippen MR) is 142 cm³/mol. The Morgan fingerprint density at radius 3 is 2.87 bits per heavy atom. The van der Waals surface area contributed by atoms with Crippen molar-refractivity contribution >= 4 is 35.0 Å². The van der Waals surface area contributed by atoms with Crippen molar-refractivity contribution in [2.24, 2.45) is 0 Å². The normalized spacial score (nSPS) is 21.4. The maximum absolute atomic E-state index is 13.6. The SMILES string of the molecule is Cc1cc(-c2nc3c(cc2Cl)N2CC[C@@H](C2)N3C(=O)Nc2ccnc(OC[C@@H]3COC(C)(C)O3)n2)ccn1. The van der Waals surface area contributed by atoms with Crippen LogP contribution in [0.15, 0.2) is 36.7 Å². The minimum atomic E-state index is -0.639. The maximum Gasteiger partial charge on any atom is 0.329 e. The lowest BCUT2D eigenvalue weighted by molar-refractivity contribution is -0.141. The van der Waals surface area contributed by atoms with Crippen LogP contribution in [0.2, 0.25) is 5.02 Å². The second kappa shape index (κ2) is 9.64. The van der Waals surface area contributed by atoms with Crippen LogP contribution in [0.4, 0.5) is 22.1 Å². The fourth-order valence-corrected chi connectivity index (χ4v) is 5.30. The molecule has 1 N–H and O–H groups in total.